The molecular weight excluding hydrogens is 348 g/mol. The summed E-state index contributed by atoms with van der Waals surface area (Å²) in [6.45, 7) is 2.12. The molecular formula is C16H17BrN2OS. The van der Waals surface area contributed by atoms with Gasteiger partial charge in [0.25, 0.3) is 5.91 Å². The number of amides is 1. The summed E-state index contributed by atoms with van der Waals surface area (Å²) in [7, 11) is 0. The van der Waals surface area contributed by atoms with E-state index in [2.05, 4.69) is 45.6 Å². The quantitative estimate of drug-likeness (QED) is 0.815. The van der Waals surface area contributed by atoms with Crippen molar-refractivity contribution in [2.45, 2.75) is 31.8 Å². The molecule has 0 radical (unpaired) electrons. The normalized spacial score (nSPS) is 15.5. The zero-order valence-corrected chi connectivity index (χ0v) is 14.1. The van der Waals surface area contributed by atoms with Crippen LogP contribution >= 0.6 is 27.3 Å². The van der Waals surface area contributed by atoms with Crippen LogP contribution in [0.5, 0.6) is 0 Å². The van der Waals surface area contributed by atoms with Crippen LogP contribution in [0.2, 0.25) is 0 Å². The molecule has 1 heterocycles. The fourth-order valence-electron chi connectivity index (χ4n) is 2.13. The first-order valence-corrected chi connectivity index (χ1v) is 8.65. The van der Waals surface area contributed by atoms with E-state index in [0.29, 0.717) is 11.6 Å². The van der Waals surface area contributed by atoms with Gasteiger partial charge in [-0.25, -0.2) is 0 Å². The predicted molar refractivity (Wildman–Crippen MR) is 91.0 cm³/mol. The average Bonchev–Trinajstić information content (AvgIpc) is 3.17. The minimum atomic E-state index is 0.0210. The Hall–Kier alpha value is -1.33. The lowest BCUT2D eigenvalue weighted by atomic mass is 10.1. The lowest BCUT2D eigenvalue weighted by Crippen LogP contribution is -2.25. The molecule has 1 aliphatic carbocycles. The third-order valence-corrected chi connectivity index (χ3v) is 5.25. The summed E-state index contributed by atoms with van der Waals surface area (Å²) < 4.78 is 1.13. The van der Waals surface area contributed by atoms with E-state index in [1.54, 1.807) is 11.3 Å². The lowest BCUT2D eigenvalue weighted by Gasteiger charge is -2.14. The number of thiophene rings is 1. The van der Waals surface area contributed by atoms with E-state index in [9.17, 15) is 4.79 Å². The molecule has 1 atom stereocenters. The SMILES string of the molecule is CC(Nc1cccc(C(=O)NC2CC2)c1)c1ccc(Br)s1. The molecule has 1 aliphatic rings. The monoisotopic (exact) mass is 364 g/mol. The van der Waals surface area contributed by atoms with Gasteiger partial charge in [0.05, 0.1) is 9.83 Å². The van der Waals surface area contributed by atoms with E-state index in [-0.39, 0.29) is 11.9 Å². The zero-order chi connectivity index (χ0) is 14.8. The number of anilines is 1. The van der Waals surface area contributed by atoms with Gasteiger partial charge in [-0.15, -0.1) is 11.3 Å². The van der Waals surface area contributed by atoms with Crippen LogP contribution in [-0.4, -0.2) is 11.9 Å². The van der Waals surface area contributed by atoms with Crippen LogP contribution in [-0.2, 0) is 0 Å². The summed E-state index contributed by atoms with van der Waals surface area (Å²) in [5.41, 5.74) is 1.68. The van der Waals surface area contributed by atoms with Gasteiger partial charge in [0.2, 0.25) is 0 Å². The fourth-order valence-corrected chi connectivity index (χ4v) is 3.55. The molecule has 110 valence electrons. The summed E-state index contributed by atoms with van der Waals surface area (Å²) >= 11 is 5.20. The van der Waals surface area contributed by atoms with Crippen molar-refractivity contribution in [1.29, 1.82) is 0 Å². The summed E-state index contributed by atoms with van der Waals surface area (Å²) in [5, 5.41) is 6.46. The number of hydrogen-bond donors (Lipinski definition) is 2. The van der Waals surface area contributed by atoms with Crippen molar-refractivity contribution in [3.63, 3.8) is 0 Å². The van der Waals surface area contributed by atoms with E-state index in [4.69, 9.17) is 0 Å². The Labute approximate surface area is 136 Å². The molecule has 0 bridgehead atoms. The van der Waals surface area contributed by atoms with Crippen molar-refractivity contribution in [3.8, 4) is 0 Å². The molecule has 1 amide bonds. The molecule has 0 spiro atoms. The number of carbonyl (C=O) groups is 1. The van der Waals surface area contributed by atoms with E-state index >= 15 is 0 Å². The minimum absolute atomic E-state index is 0.0210. The second-order valence-corrected chi connectivity index (χ2v) is 7.83. The number of hydrogen-bond acceptors (Lipinski definition) is 3. The highest BCUT2D eigenvalue weighted by Gasteiger charge is 2.23. The Morgan fingerprint density at radius 1 is 1.33 bits per heavy atom. The van der Waals surface area contributed by atoms with Crippen LogP contribution in [0.1, 0.15) is 41.0 Å². The van der Waals surface area contributed by atoms with Crippen LogP contribution in [0.3, 0.4) is 0 Å². The van der Waals surface area contributed by atoms with Crippen LogP contribution in [0.25, 0.3) is 0 Å². The average molecular weight is 365 g/mol. The number of halogens is 1. The van der Waals surface area contributed by atoms with E-state index < -0.39 is 0 Å². The van der Waals surface area contributed by atoms with Gasteiger partial charge < -0.3 is 10.6 Å². The molecule has 3 rings (SSSR count). The standard InChI is InChI=1S/C16H17BrN2OS/c1-10(14-7-8-15(17)21-14)18-13-4-2-3-11(9-13)16(20)19-12-5-6-12/h2-4,7-10,12,18H,5-6H2,1H3,(H,19,20). The van der Waals surface area contributed by atoms with Gasteiger partial charge in [-0.1, -0.05) is 6.07 Å². The molecule has 1 fully saturated rings. The number of rotatable bonds is 5. The third-order valence-electron chi connectivity index (χ3n) is 3.44. The first-order valence-electron chi connectivity index (χ1n) is 7.04. The molecule has 1 aromatic carbocycles. The third kappa shape index (κ3) is 3.86. The van der Waals surface area contributed by atoms with Crippen LogP contribution < -0.4 is 10.6 Å². The lowest BCUT2D eigenvalue weighted by molar-refractivity contribution is 0.0951. The van der Waals surface area contributed by atoms with E-state index in [1.165, 1.54) is 4.88 Å². The Bertz CT molecular complexity index is 651. The molecule has 2 aromatic rings. The predicted octanol–water partition coefficient (Wildman–Crippen LogP) is 4.58. The maximum Gasteiger partial charge on any atom is 0.251 e. The molecule has 5 heteroatoms. The zero-order valence-electron chi connectivity index (χ0n) is 11.7. The van der Waals surface area contributed by atoms with E-state index in [1.807, 2.05) is 24.3 Å². The fraction of sp³-hybridized carbons (Fsp3) is 0.312. The van der Waals surface area contributed by atoms with Crippen molar-refractivity contribution in [3.05, 3.63) is 50.6 Å². The molecule has 1 saturated carbocycles. The van der Waals surface area contributed by atoms with Crippen molar-refractivity contribution in [1.82, 2.24) is 5.32 Å². The van der Waals surface area contributed by atoms with Gasteiger partial charge in [0, 0.05) is 22.2 Å². The highest BCUT2D eigenvalue weighted by Crippen LogP contribution is 2.29. The summed E-state index contributed by atoms with van der Waals surface area (Å²) in [5.74, 6) is 0.0210. The Kier molecular flexibility index (Phi) is 4.31. The largest absolute Gasteiger partial charge is 0.378 e. The topological polar surface area (TPSA) is 41.1 Å². The smallest absolute Gasteiger partial charge is 0.251 e. The molecule has 0 saturated heterocycles. The van der Waals surface area contributed by atoms with Crippen molar-refractivity contribution in [2.24, 2.45) is 0 Å². The van der Waals surface area contributed by atoms with Gasteiger partial charge in [-0.3, -0.25) is 4.79 Å². The first-order chi connectivity index (χ1) is 10.1. The molecule has 0 aliphatic heterocycles. The Balaban J connectivity index is 1.68. The van der Waals surface area contributed by atoms with Gasteiger partial charge in [0.15, 0.2) is 0 Å². The maximum atomic E-state index is 12.1. The van der Waals surface area contributed by atoms with Crippen LogP contribution in [0.4, 0.5) is 5.69 Å². The molecule has 1 unspecified atom stereocenters. The second-order valence-electron chi connectivity index (χ2n) is 5.34. The van der Waals surface area contributed by atoms with Crippen molar-refractivity contribution < 1.29 is 4.79 Å². The van der Waals surface area contributed by atoms with E-state index in [0.717, 1.165) is 22.3 Å². The maximum absolute atomic E-state index is 12.1. The van der Waals surface area contributed by atoms with Gasteiger partial charge in [-0.2, -0.15) is 0 Å². The number of nitrogens with one attached hydrogen (secondary N) is 2. The molecule has 1 aromatic heterocycles. The Morgan fingerprint density at radius 2 is 2.14 bits per heavy atom. The highest BCUT2D eigenvalue weighted by molar-refractivity contribution is 9.11. The molecule has 3 nitrogen and oxygen atoms in total. The minimum Gasteiger partial charge on any atom is -0.378 e. The van der Waals surface area contributed by atoms with Crippen LogP contribution in [0.15, 0.2) is 40.2 Å². The molecule has 2 N–H and O–H groups in total. The summed E-state index contributed by atoms with van der Waals surface area (Å²) in [4.78, 5) is 13.3. The van der Waals surface area contributed by atoms with Gasteiger partial charge >= 0.3 is 0 Å². The van der Waals surface area contributed by atoms with Crippen LogP contribution in [0, 0.1) is 0 Å². The van der Waals surface area contributed by atoms with Crippen molar-refractivity contribution >= 4 is 38.9 Å². The molecule has 21 heavy (non-hydrogen) atoms. The number of carbonyl (C=O) groups excluding carboxylic acids is 1. The second kappa shape index (κ2) is 6.20. The van der Waals surface area contributed by atoms with Crippen molar-refractivity contribution in [2.75, 3.05) is 5.32 Å². The summed E-state index contributed by atoms with van der Waals surface area (Å²) in [6.07, 6.45) is 2.21. The highest BCUT2D eigenvalue weighted by atomic mass is 79.9. The Morgan fingerprint density at radius 3 is 2.81 bits per heavy atom. The first kappa shape index (κ1) is 14.6. The number of benzene rings is 1. The van der Waals surface area contributed by atoms with Gasteiger partial charge in [0.1, 0.15) is 0 Å². The van der Waals surface area contributed by atoms with Gasteiger partial charge in [-0.05, 0) is 66.0 Å². The summed E-state index contributed by atoms with van der Waals surface area (Å²) in [6, 6.07) is 12.4.